The Morgan fingerprint density at radius 1 is 0.962 bits per heavy atom. The number of aliphatic imine (C=N–C) groups is 1. The fourth-order valence-corrected chi connectivity index (χ4v) is 3.74. The van der Waals surface area contributed by atoms with Gasteiger partial charge >= 0.3 is 17.9 Å². The molecule has 0 aromatic rings. The molecular formula is C19H27NO6. The van der Waals surface area contributed by atoms with Crippen LogP contribution in [0.1, 0.15) is 46.0 Å². The van der Waals surface area contributed by atoms with Crippen molar-refractivity contribution < 1.29 is 28.6 Å². The van der Waals surface area contributed by atoms with Gasteiger partial charge in [0.05, 0.1) is 26.4 Å². The zero-order chi connectivity index (χ0) is 19.3. The normalized spacial score (nSPS) is 23.9. The fourth-order valence-electron chi connectivity index (χ4n) is 3.74. The molecule has 1 unspecified atom stereocenters. The summed E-state index contributed by atoms with van der Waals surface area (Å²) in [4.78, 5) is 41.6. The lowest BCUT2D eigenvalue weighted by Gasteiger charge is -2.30. The van der Waals surface area contributed by atoms with E-state index in [-0.39, 0.29) is 5.57 Å². The summed E-state index contributed by atoms with van der Waals surface area (Å²) < 4.78 is 15.2. The molecule has 0 bridgehead atoms. The lowest BCUT2D eigenvalue weighted by molar-refractivity contribution is -0.158. The molecule has 2 aliphatic rings. The highest BCUT2D eigenvalue weighted by molar-refractivity contribution is 6.10. The molecule has 1 fully saturated rings. The van der Waals surface area contributed by atoms with Gasteiger partial charge < -0.3 is 14.2 Å². The molecule has 1 aliphatic carbocycles. The van der Waals surface area contributed by atoms with Crippen LogP contribution < -0.4 is 0 Å². The monoisotopic (exact) mass is 365 g/mol. The van der Waals surface area contributed by atoms with E-state index in [2.05, 4.69) is 4.99 Å². The van der Waals surface area contributed by atoms with Crippen LogP contribution in [-0.2, 0) is 28.6 Å². The van der Waals surface area contributed by atoms with Crippen molar-refractivity contribution in [3.8, 4) is 0 Å². The van der Waals surface area contributed by atoms with Gasteiger partial charge in [-0.15, -0.1) is 0 Å². The maximum atomic E-state index is 12.9. The summed E-state index contributed by atoms with van der Waals surface area (Å²) in [6, 6.07) is 0. The number of methoxy groups -OCH3 is 2. The average molecular weight is 365 g/mol. The van der Waals surface area contributed by atoms with Crippen molar-refractivity contribution in [1.29, 1.82) is 0 Å². The summed E-state index contributed by atoms with van der Waals surface area (Å²) >= 11 is 0. The molecule has 7 nitrogen and oxygen atoms in total. The molecule has 26 heavy (non-hydrogen) atoms. The van der Waals surface area contributed by atoms with Crippen LogP contribution in [0, 0.1) is 17.8 Å². The zero-order valence-electron chi connectivity index (χ0n) is 15.9. The lowest BCUT2D eigenvalue weighted by atomic mass is 9.79. The quantitative estimate of drug-likeness (QED) is 0.549. The number of hydrogen-bond acceptors (Lipinski definition) is 7. The highest BCUT2D eigenvalue weighted by Gasteiger charge is 2.46. The van der Waals surface area contributed by atoms with Crippen molar-refractivity contribution in [2.75, 3.05) is 20.8 Å². The van der Waals surface area contributed by atoms with Gasteiger partial charge in [-0.3, -0.25) is 14.6 Å². The maximum Gasteiger partial charge on any atom is 0.336 e. The smallest absolute Gasteiger partial charge is 0.336 e. The van der Waals surface area contributed by atoms with Gasteiger partial charge in [0, 0.05) is 11.4 Å². The number of hydrogen-bond donors (Lipinski definition) is 0. The molecule has 1 heterocycles. The maximum absolute atomic E-state index is 12.9. The van der Waals surface area contributed by atoms with Crippen molar-refractivity contribution in [1.82, 2.24) is 0 Å². The number of ether oxygens (including phenoxy) is 3. The number of carbonyl (C=O) groups is 3. The minimum Gasteiger partial charge on any atom is -0.468 e. The second-order valence-corrected chi connectivity index (χ2v) is 6.86. The van der Waals surface area contributed by atoms with Gasteiger partial charge in [0.15, 0.2) is 0 Å². The Morgan fingerprint density at radius 2 is 1.62 bits per heavy atom. The molecule has 2 atom stereocenters. The third kappa shape index (κ3) is 4.31. The number of esters is 3. The number of allylic oxidation sites excluding steroid dienone is 1. The molecule has 2 rings (SSSR count). The molecule has 144 valence electrons. The second kappa shape index (κ2) is 8.96. The Labute approximate surface area is 153 Å². The first kappa shape index (κ1) is 20.1. The summed E-state index contributed by atoms with van der Waals surface area (Å²) in [7, 11) is 2.47. The van der Waals surface area contributed by atoms with E-state index in [4.69, 9.17) is 14.2 Å². The van der Waals surface area contributed by atoms with E-state index in [1.54, 1.807) is 13.8 Å². The van der Waals surface area contributed by atoms with Gasteiger partial charge in [-0.1, -0.05) is 19.3 Å². The fraction of sp³-hybridized carbons (Fsp3) is 0.684. The Hall–Kier alpha value is -2.18. The van der Waals surface area contributed by atoms with E-state index >= 15 is 0 Å². The predicted octanol–water partition coefficient (Wildman–Crippen LogP) is 2.44. The van der Waals surface area contributed by atoms with Crippen molar-refractivity contribution in [2.45, 2.75) is 46.0 Å². The second-order valence-electron chi connectivity index (χ2n) is 6.86. The van der Waals surface area contributed by atoms with Crippen LogP contribution in [0.15, 0.2) is 16.3 Å². The molecule has 0 saturated heterocycles. The Balaban J connectivity index is 2.27. The minimum atomic E-state index is -1.10. The number of rotatable bonds is 5. The Morgan fingerprint density at radius 3 is 2.19 bits per heavy atom. The van der Waals surface area contributed by atoms with Gasteiger partial charge in [-0.2, -0.15) is 0 Å². The van der Waals surface area contributed by atoms with Gasteiger partial charge in [0.25, 0.3) is 0 Å². The molecule has 0 amide bonds. The molecule has 1 aliphatic heterocycles. The van der Waals surface area contributed by atoms with Crippen molar-refractivity contribution in [2.24, 2.45) is 22.7 Å². The van der Waals surface area contributed by atoms with E-state index in [1.165, 1.54) is 20.6 Å². The lowest BCUT2D eigenvalue weighted by Crippen LogP contribution is -2.42. The molecule has 1 saturated carbocycles. The molecule has 0 aromatic carbocycles. The third-order valence-corrected chi connectivity index (χ3v) is 5.13. The van der Waals surface area contributed by atoms with Crippen LogP contribution in [0.2, 0.25) is 0 Å². The van der Waals surface area contributed by atoms with Crippen molar-refractivity contribution in [3.05, 3.63) is 11.3 Å². The topological polar surface area (TPSA) is 91.3 Å². The SMILES string of the molecule is COC(=O)C1=C(C)N=C(C)C(C(=O)OC)[C@@H]1C(=O)OCC1CCCCC1. The largest absolute Gasteiger partial charge is 0.468 e. The van der Waals surface area contributed by atoms with Crippen LogP contribution in [-0.4, -0.2) is 44.4 Å². The van der Waals surface area contributed by atoms with Crippen molar-refractivity contribution >= 4 is 23.6 Å². The molecule has 0 N–H and O–H groups in total. The molecule has 7 heteroatoms. The summed E-state index contributed by atoms with van der Waals surface area (Å²) in [5, 5.41) is 0. The van der Waals surface area contributed by atoms with Crippen LogP contribution in [0.3, 0.4) is 0 Å². The Kier molecular flexibility index (Phi) is 6.94. The highest BCUT2D eigenvalue weighted by atomic mass is 16.5. The number of nitrogens with zero attached hydrogens (tertiary/aromatic N) is 1. The molecular weight excluding hydrogens is 338 g/mol. The molecule has 0 radical (unpaired) electrons. The van der Waals surface area contributed by atoms with E-state index in [9.17, 15) is 14.4 Å². The summed E-state index contributed by atoms with van der Waals surface area (Å²) in [6.07, 6.45) is 5.53. The standard InChI is InChI=1S/C19H27NO6/c1-11-14(17(21)24-3)16(15(12(2)20-11)18(22)25-4)19(23)26-10-13-8-6-5-7-9-13/h13-14,16H,5-10H2,1-4H3/t14?,16-/m0/s1. The first-order valence-corrected chi connectivity index (χ1v) is 8.99. The van der Waals surface area contributed by atoms with E-state index in [0.717, 1.165) is 25.7 Å². The Bertz CT molecular complexity index is 630. The molecule has 0 aromatic heterocycles. The first-order valence-electron chi connectivity index (χ1n) is 8.99. The van der Waals surface area contributed by atoms with Gasteiger partial charge in [0.1, 0.15) is 11.8 Å². The van der Waals surface area contributed by atoms with Gasteiger partial charge in [-0.05, 0) is 32.6 Å². The predicted molar refractivity (Wildman–Crippen MR) is 94.4 cm³/mol. The minimum absolute atomic E-state index is 0.0575. The summed E-state index contributed by atoms with van der Waals surface area (Å²) in [5.41, 5.74) is 0.831. The summed E-state index contributed by atoms with van der Waals surface area (Å²) in [5.74, 6) is -3.69. The van der Waals surface area contributed by atoms with Crippen molar-refractivity contribution in [3.63, 3.8) is 0 Å². The van der Waals surface area contributed by atoms with Gasteiger partial charge in [-0.25, -0.2) is 4.79 Å². The van der Waals surface area contributed by atoms with Gasteiger partial charge in [0.2, 0.25) is 0 Å². The van der Waals surface area contributed by atoms with E-state index < -0.39 is 29.7 Å². The van der Waals surface area contributed by atoms with E-state index in [0.29, 0.717) is 23.9 Å². The van der Waals surface area contributed by atoms with Crippen LogP contribution in [0.4, 0.5) is 0 Å². The van der Waals surface area contributed by atoms with E-state index in [1.807, 2.05) is 0 Å². The molecule has 0 spiro atoms. The van der Waals surface area contributed by atoms with Crippen LogP contribution in [0.25, 0.3) is 0 Å². The highest BCUT2D eigenvalue weighted by Crippen LogP contribution is 2.34. The first-order chi connectivity index (χ1) is 12.4. The van der Waals surface area contributed by atoms with Crippen LogP contribution in [0.5, 0.6) is 0 Å². The van der Waals surface area contributed by atoms with Crippen LogP contribution >= 0.6 is 0 Å². The number of carbonyl (C=O) groups excluding carboxylic acids is 3. The zero-order valence-corrected chi connectivity index (χ0v) is 15.9. The average Bonchev–Trinajstić information content (AvgIpc) is 2.65. The third-order valence-electron chi connectivity index (χ3n) is 5.13. The summed E-state index contributed by atoms with van der Waals surface area (Å²) in [6.45, 7) is 3.55.